The molecule has 0 amide bonds. The van der Waals surface area contributed by atoms with Crippen molar-refractivity contribution >= 4 is 44.9 Å². The zero-order valence-electron chi connectivity index (χ0n) is 9.76. The van der Waals surface area contributed by atoms with E-state index in [0.717, 1.165) is 26.4 Å². The van der Waals surface area contributed by atoms with Gasteiger partial charge in [0.1, 0.15) is 4.99 Å². The zero-order chi connectivity index (χ0) is 13.1. The van der Waals surface area contributed by atoms with E-state index in [4.69, 9.17) is 18.0 Å². The number of halogens is 1. The van der Waals surface area contributed by atoms with E-state index in [1.54, 1.807) is 22.6 Å². The Morgan fingerprint density at radius 1 is 1.56 bits per heavy atom. The molecule has 0 aliphatic rings. The van der Waals surface area contributed by atoms with Crippen molar-refractivity contribution in [2.45, 2.75) is 11.8 Å². The van der Waals surface area contributed by atoms with Crippen molar-refractivity contribution in [2.75, 3.05) is 5.75 Å². The second-order valence-electron chi connectivity index (χ2n) is 3.55. The maximum Gasteiger partial charge on any atom is 0.107 e. The van der Waals surface area contributed by atoms with Crippen molar-refractivity contribution in [3.05, 3.63) is 40.6 Å². The molecule has 6 heteroatoms. The smallest absolute Gasteiger partial charge is 0.107 e. The zero-order valence-corrected chi connectivity index (χ0v) is 13.0. The van der Waals surface area contributed by atoms with Gasteiger partial charge in [-0.15, -0.1) is 11.8 Å². The molecule has 0 aliphatic heterocycles. The molecule has 0 saturated heterocycles. The van der Waals surface area contributed by atoms with Crippen LogP contribution in [0.15, 0.2) is 40.0 Å². The summed E-state index contributed by atoms with van der Waals surface area (Å²) >= 11 is 10.3. The minimum atomic E-state index is 0.396. The van der Waals surface area contributed by atoms with Crippen LogP contribution >= 0.6 is 39.9 Å². The molecule has 0 saturated carbocycles. The average Bonchev–Trinajstić information content (AvgIpc) is 2.75. The fourth-order valence-electron chi connectivity index (χ4n) is 1.67. The first kappa shape index (κ1) is 13.6. The monoisotopic (exact) mass is 341 g/mol. The quantitative estimate of drug-likeness (QED) is 0.683. The Labute approximate surface area is 124 Å². The maximum atomic E-state index is 5.86. The number of nitrogens with two attached hydrogens (primary N) is 1. The Hall–Kier alpha value is -0.850. The molecule has 0 radical (unpaired) electrons. The van der Waals surface area contributed by atoms with Gasteiger partial charge in [-0.25, -0.2) is 4.68 Å². The van der Waals surface area contributed by atoms with Crippen LogP contribution in [0.3, 0.4) is 0 Å². The largest absolute Gasteiger partial charge is 0.389 e. The van der Waals surface area contributed by atoms with Crippen LogP contribution in [0, 0.1) is 0 Å². The van der Waals surface area contributed by atoms with Gasteiger partial charge in [0.25, 0.3) is 0 Å². The summed E-state index contributed by atoms with van der Waals surface area (Å²) in [7, 11) is 0. The van der Waals surface area contributed by atoms with Crippen LogP contribution in [-0.2, 0) is 0 Å². The minimum Gasteiger partial charge on any atom is -0.389 e. The average molecular weight is 342 g/mol. The Morgan fingerprint density at radius 3 is 2.89 bits per heavy atom. The number of benzene rings is 1. The van der Waals surface area contributed by atoms with Crippen molar-refractivity contribution in [3.63, 3.8) is 0 Å². The molecule has 18 heavy (non-hydrogen) atoms. The number of thiocarbonyl (C=S) groups is 1. The van der Waals surface area contributed by atoms with E-state index in [9.17, 15) is 0 Å². The lowest BCUT2D eigenvalue weighted by atomic mass is 10.2. The Bertz CT molecular complexity index is 580. The molecule has 1 aromatic heterocycles. The van der Waals surface area contributed by atoms with Gasteiger partial charge in [0, 0.05) is 16.7 Å². The molecule has 0 spiro atoms. The normalized spacial score (nSPS) is 10.6. The lowest BCUT2D eigenvalue weighted by Gasteiger charge is -2.12. The maximum absolute atomic E-state index is 5.86. The topological polar surface area (TPSA) is 43.8 Å². The van der Waals surface area contributed by atoms with E-state index < -0.39 is 0 Å². The summed E-state index contributed by atoms with van der Waals surface area (Å²) in [6.45, 7) is 2.10. The lowest BCUT2D eigenvalue weighted by Crippen LogP contribution is -2.15. The number of hydrogen-bond donors (Lipinski definition) is 1. The third-order valence-electron chi connectivity index (χ3n) is 2.35. The van der Waals surface area contributed by atoms with E-state index in [0.29, 0.717) is 4.99 Å². The van der Waals surface area contributed by atoms with E-state index in [1.807, 2.05) is 24.4 Å². The van der Waals surface area contributed by atoms with Crippen LogP contribution in [0.25, 0.3) is 5.69 Å². The fraction of sp³-hybridized carbons (Fsp3) is 0.167. The van der Waals surface area contributed by atoms with Crippen molar-refractivity contribution in [3.8, 4) is 5.69 Å². The Balaban J connectivity index is 2.59. The second kappa shape index (κ2) is 5.86. The molecule has 1 aromatic carbocycles. The van der Waals surface area contributed by atoms with E-state index in [2.05, 4.69) is 28.0 Å². The van der Waals surface area contributed by atoms with E-state index in [-0.39, 0.29) is 0 Å². The number of hydrogen-bond acceptors (Lipinski definition) is 3. The molecular weight excluding hydrogens is 330 g/mol. The number of aromatic nitrogens is 2. The van der Waals surface area contributed by atoms with Gasteiger partial charge in [0.15, 0.2) is 0 Å². The highest BCUT2D eigenvalue weighted by atomic mass is 79.9. The second-order valence-corrected chi connectivity index (χ2v) is 6.21. The van der Waals surface area contributed by atoms with Crippen LogP contribution in [0.5, 0.6) is 0 Å². The number of thioether (sulfide) groups is 1. The van der Waals surface area contributed by atoms with Gasteiger partial charge in [-0.1, -0.05) is 25.2 Å². The number of nitrogens with zero attached hydrogens (tertiary/aromatic N) is 2. The van der Waals surface area contributed by atoms with Crippen molar-refractivity contribution in [1.29, 1.82) is 0 Å². The highest BCUT2D eigenvalue weighted by Crippen LogP contribution is 2.27. The molecule has 0 fully saturated rings. The standard InChI is InChI=1S/C12H12BrN3S2/c1-2-18-10-5-3-4-9(11(10)12(14)17)16-7-8(13)6-15-16/h3-7H,2H2,1H3,(H2,14,17). The molecule has 0 unspecified atom stereocenters. The highest BCUT2D eigenvalue weighted by Gasteiger charge is 2.13. The third-order valence-corrected chi connectivity index (χ3v) is 3.90. The van der Waals surface area contributed by atoms with Crippen LogP contribution in [0.2, 0.25) is 0 Å². The van der Waals surface area contributed by atoms with Crippen LogP contribution < -0.4 is 5.73 Å². The first-order valence-electron chi connectivity index (χ1n) is 5.39. The summed E-state index contributed by atoms with van der Waals surface area (Å²) < 4.78 is 2.70. The third kappa shape index (κ3) is 2.76. The van der Waals surface area contributed by atoms with Gasteiger partial charge in [0.2, 0.25) is 0 Å². The molecule has 2 N–H and O–H groups in total. The van der Waals surface area contributed by atoms with E-state index in [1.165, 1.54) is 0 Å². The predicted octanol–water partition coefficient (Wildman–Crippen LogP) is 3.38. The molecule has 94 valence electrons. The summed E-state index contributed by atoms with van der Waals surface area (Å²) in [6, 6.07) is 5.99. The highest BCUT2D eigenvalue weighted by molar-refractivity contribution is 9.10. The van der Waals surface area contributed by atoms with E-state index >= 15 is 0 Å². The molecule has 1 heterocycles. The first-order valence-corrected chi connectivity index (χ1v) is 7.58. The molecule has 2 aromatic rings. The molecule has 2 rings (SSSR count). The van der Waals surface area contributed by atoms with Gasteiger partial charge in [0.05, 0.1) is 16.4 Å². The molecular formula is C12H12BrN3S2. The van der Waals surface area contributed by atoms with Crippen molar-refractivity contribution in [2.24, 2.45) is 5.73 Å². The van der Waals surface area contributed by atoms with Crippen molar-refractivity contribution in [1.82, 2.24) is 9.78 Å². The van der Waals surface area contributed by atoms with Gasteiger partial charge in [-0.3, -0.25) is 0 Å². The summed E-state index contributed by atoms with van der Waals surface area (Å²) in [4.78, 5) is 1.49. The summed E-state index contributed by atoms with van der Waals surface area (Å²) in [5, 5.41) is 4.28. The summed E-state index contributed by atoms with van der Waals surface area (Å²) in [5.41, 5.74) is 7.65. The lowest BCUT2D eigenvalue weighted by molar-refractivity contribution is 0.874. The molecule has 0 aliphatic carbocycles. The van der Waals surface area contributed by atoms with Gasteiger partial charge in [-0.2, -0.15) is 5.10 Å². The Kier molecular flexibility index (Phi) is 4.42. The number of rotatable bonds is 4. The van der Waals surface area contributed by atoms with Crippen LogP contribution in [0.1, 0.15) is 12.5 Å². The van der Waals surface area contributed by atoms with Gasteiger partial charge in [-0.05, 0) is 33.8 Å². The minimum absolute atomic E-state index is 0.396. The fourth-order valence-corrected chi connectivity index (χ4v) is 3.08. The van der Waals surface area contributed by atoms with Gasteiger partial charge < -0.3 is 5.73 Å². The van der Waals surface area contributed by atoms with Crippen molar-refractivity contribution < 1.29 is 0 Å². The molecule has 0 atom stereocenters. The summed E-state index contributed by atoms with van der Waals surface area (Å²) in [6.07, 6.45) is 3.63. The Morgan fingerprint density at radius 2 is 2.33 bits per heavy atom. The molecule has 0 bridgehead atoms. The SMILES string of the molecule is CCSc1cccc(-n2cc(Br)cn2)c1C(N)=S. The van der Waals surface area contributed by atoms with Crippen LogP contribution in [-0.4, -0.2) is 20.5 Å². The van der Waals surface area contributed by atoms with Gasteiger partial charge >= 0.3 is 0 Å². The first-order chi connectivity index (χ1) is 8.63. The van der Waals surface area contributed by atoms with Crippen LogP contribution in [0.4, 0.5) is 0 Å². The molecule has 3 nitrogen and oxygen atoms in total. The summed E-state index contributed by atoms with van der Waals surface area (Å²) in [5.74, 6) is 0.974. The predicted molar refractivity (Wildman–Crippen MR) is 83.5 cm³/mol.